The number of halogens is 1. The first-order valence-electron chi connectivity index (χ1n) is 7.92. The molecule has 0 radical (unpaired) electrons. The zero-order valence-corrected chi connectivity index (χ0v) is 14.0. The van der Waals surface area contributed by atoms with Crippen molar-refractivity contribution in [3.05, 3.63) is 58.9 Å². The summed E-state index contributed by atoms with van der Waals surface area (Å²) in [7, 11) is 0. The number of hydrogen-bond donors (Lipinski definition) is 0. The number of rotatable bonds is 5. The lowest BCUT2D eigenvalue weighted by Crippen LogP contribution is -2.26. The summed E-state index contributed by atoms with van der Waals surface area (Å²) >= 11 is 0. The molecule has 26 heavy (non-hydrogen) atoms. The Morgan fingerprint density at radius 1 is 1.35 bits per heavy atom. The van der Waals surface area contributed by atoms with Gasteiger partial charge in [-0.25, -0.2) is 9.18 Å². The minimum atomic E-state index is -0.864. The molecule has 2 aromatic rings. The summed E-state index contributed by atoms with van der Waals surface area (Å²) in [5.41, 5.74) is 1.50. The standard InChI is InChI=1S/C19H16FNO5/c1-12(26-17-4-2-13(8-21)3-5-17)19(22)24-10-15-7-16(20)6-14-9-23-11-25-18(14)15/h2-7,12H,9-11H2,1H3. The van der Waals surface area contributed by atoms with Crippen molar-refractivity contribution in [1.29, 1.82) is 5.26 Å². The van der Waals surface area contributed by atoms with Crippen molar-refractivity contribution in [2.24, 2.45) is 0 Å². The first-order chi connectivity index (χ1) is 12.6. The summed E-state index contributed by atoms with van der Waals surface area (Å²) in [6.07, 6.45) is -0.864. The van der Waals surface area contributed by atoms with Crippen molar-refractivity contribution in [2.45, 2.75) is 26.2 Å². The van der Waals surface area contributed by atoms with E-state index in [1.165, 1.54) is 12.1 Å². The van der Waals surface area contributed by atoms with E-state index in [0.717, 1.165) is 0 Å². The lowest BCUT2D eigenvalue weighted by molar-refractivity contribution is -0.152. The maximum Gasteiger partial charge on any atom is 0.347 e. The van der Waals surface area contributed by atoms with Gasteiger partial charge in [0, 0.05) is 11.1 Å². The predicted molar refractivity (Wildman–Crippen MR) is 87.7 cm³/mol. The quantitative estimate of drug-likeness (QED) is 0.766. The molecule has 1 heterocycles. The fourth-order valence-corrected chi connectivity index (χ4v) is 2.49. The second kappa shape index (κ2) is 7.85. The fourth-order valence-electron chi connectivity index (χ4n) is 2.49. The summed E-state index contributed by atoms with van der Waals surface area (Å²) in [4.78, 5) is 12.1. The average molecular weight is 357 g/mol. The first kappa shape index (κ1) is 17.7. The molecule has 3 rings (SSSR count). The summed E-state index contributed by atoms with van der Waals surface area (Å²) in [5.74, 6) is -0.131. The molecule has 2 aromatic carbocycles. The molecular weight excluding hydrogens is 341 g/mol. The van der Waals surface area contributed by atoms with E-state index in [-0.39, 0.29) is 20.0 Å². The van der Waals surface area contributed by atoms with Gasteiger partial charge in [-0.15, -0.1) is 0 Å². The highest BCUT2D eigenvalue weighted by Crippen LogP contribution is 2.30. The van der Waals surface area contributed by atoms with Gasteiger partial charge in [0.25, 0.3) is 0 Å². The monoisotopic (exact) mass is 357 g/mol. The maximum atomic E-state index is 13.7. The van der Waals surface area contributed by atoms with Crippen LogP contribution in [0.1, 0.15) is 23.6 Å². The Morgan fingerprint density at radius 3 is 2.85 bits per heavy atom. The Bertz CT molecular complexity index is 844. The molecule has 1 unspecified atom stereocenters. The third kappa shape index (κ3) is 4.10. The smallest absolute Gasteiger partial charge is 0.347 e. The number of nitriles is 1. The van der Waals surface area contributed by atoms with Crippen LogP contribution in [0.2, 0.25) is 0 Å². The van der Waals surface area contributed by atoms with Gasteiger partial charge in [-0.3, -0.25) is 0 Å². The number of nitrogens with zero attached hydrogens (tertiary/aromatic N) is 1. The molecule has 0 amide bonds. The highest BCUT2D eigenvalue weighted by molar-refractivity contribution is 5.74. The summed E-state index contributed by atoms with van der Waals surface area (Å²) < 4.78 is 34.9. The largest absolute Gasteiger partial charge is 0.479 e. The van der Waals surface area contributed by atoms with E-state index in [9.17, 15) is 9.18 Å². The normalized spacial score (nSPS) is 13.7. The summed E-state index contributed by atoms with van der Waals surface area (Å²) in [6, 6.07) is 11.0. The van der Waals surface area contributed by atoms with Crippen molar-refractivity contribution >= 4 is 5.97 Å². The Hall–Kier alpha value is -3.11. The zero-order chi connectivity index (χ0) is 18.5. The summed E-state index contributed by atoms with van der Waals surface area (Å²) in [6.45, 7) is 1.72. The maximum absolute atomic E-state index is 13.7. The Morgan fingerprint density at radius 2 is 2.12 bits per heavy atom. The van der Waals surface area contributed by atoms with E-state index in [2.05, 4.69) is 0 Å². The van der Waals surface area contributed by atoms with Crippen LogP contribution in [-0.4, -0.2) is 18.9 Å². The van der Waals surface area contributed by atoms with E-state index in [4.69, 9.17) is 24.2 Å². The topological polar surface area (TPSA) is 77.8 Å². The zero-order valence-electron chi connectivity index (χ0n) is 14.0. The number of carbonyl (C=O) groups excluding carboxylic acids is 1. The SMILES string of the molecule is CC(Oc1ccc(C#N)cc1)C(=O)OCc1cc(F)cc2c1OCOC2. The van der Waals surface area contributed by atoms with E-state index in [1.54, 1.807) is 31.2 Å². The van der Waals surface area contributed by atoms with Gasteiger partial charge in [0.05, 0.1) is 18.2 Å². The van der Waals surface area contributed by atoms with E-state index in [0.29, 0.717) is 28.2 Å². The molecule has 1 aliphatic rings. The second-order valence-electron chi connectivity index (χ2n) is 5.67. The van der Waals surface area contributed by atoms with Crippen molar-refractivity contribution in [3.63, 3.8) is 0 Å². The van der Waals surface area contributed by atoms with Gasteiger partial charge in [0.15, 0.2) is 12.9 Å². The molecule has 6 nitrogen and oxygen atoms in total. The average Bonchev–Trinajstić information content (AvgIpc) is 2.66. The number of esters is 1. The molecule has 0 aromatic heterocycles. The molecule has 0 aliphatic carbocycles. The van der Waals surface area contributed by atoms with Crippen molar-refractivity contribution in [3.8, 4) is 17.6 Å². The van der Waals surface area contributed by atoms with Crippen molar-refractivity contribution in [2.75, 3.05) is 6.79 Å². The fraction of sp³-hybridized carbons (Fsp3) is 0.263. The Labute approximate surface area is 149 Å². The third-order valence-electron chi connectivity index (χ3n) is 3.75. The molecule has 0 fully saturated rings. The Balaban J connectivity index is 1.61. The molecule has 0 spiro atoms. The van der Waals surface area contributed by atoms with Gasteiger partial charge in [-0.2, -0.15) is 5.26 Å². The van der Waals surface area contributed by atoms with Gasteiger partial charge >= 0.3 is 5.97 Å². The highest BCUT2D eigenvalue weighted by atomic mass is 19.1. The van der Waals surface area contributed by atoms with Crippen LogP contribution >= 0.6 is 0 Å². The minimum Gasteiger partial charge on any atom is -0.479 e. The van der Waals surface area contributed by atoms with Crippen molar-refractivity contribution in [1.82, 2.24) is 0 Å². The van der Waals surface area contributed by atoms with Crippen LogP contribution in [0.3, 0.4) is 0 Å². The first-order valence-corrected chi connectivity index (χ1v) is 7.92. The van der Waals surface area contributed by atoms with Crippen LogP contribution < -0.4 is 9.47 Å². The number of carbonyl (C=O) groups is 1. The number of benzene rings is 2. The molecule has 0 bridgehead atoms. The molecule has 0 saturated heterocycles. The molecule has 1 aliphatic heterocycles. The van der Waals surface area contributed by atoms with Gasteiger partial charge < -0.3 is 18.9 Å². The van der Waals surface area contributed by atoms with Crippen LogP contribution in [0, 0.1) is 17.1 Å². The lowest BCUT2D eigenvalue weighted by Gasteiger charge is -2.21. The van der Waals surface area contributed by atoms with Crippen LogP contribution in [-0.2, 0) is 27.5 Å². The summed E-state index contributed by atoms with van der Waals surface area (Å²) in [5, 5.41) is 8.77. The van der Waals surface area contributed by atoms with Gasteiger partial charge in [-0.1, -0.05) is 0 Å². The Kier molecular flexibility index (Phi) is 5.34. The number of fused-ring (bicyclic) bond motifs is 1. The third-order valence-corrected chi connectivity index (χ3v) is 3.75. The molecule has 0 N–H and O–H groups in total. The molecular formula is C19H16FNO5. The van der Waals surface area contributed by atoms with E-state index in [1.807, 2.05) is 6.07 Å². The molecule has 134 valence electrons. The van der Waals surface area contributed by atoms with Gasteiger partial charge in [0.1, 0.15) is 23.9 Å². The molecule has 7 heteroatoms. The minimum absolute atomic E-state index is 0.0672. The van der Waals surface area contributed by atoms with Gasteiger partial charge in [-0.05, 0) is 43.3 Å². The van der Waals surface area contributed by atoms with E-state index >= 15 is 0 Å². The van der Waals surface area contributed by atoms with Crippen molar-refractivity contribution < 1.29 is 28.1 Å². The van der Waals surface area contributed by atoms with Crippen LogP contribution in [0.25, 0.3) is 0 Å². The molecule has 1 atom stereocenters. The number of hydrogen-bond acceptors (Lipinski definition) is 6. The van der Waals surface area contributed by atoms with Crippen LogP contribution in [0.5, 0.6) is 11.5 Å². The predicted octanol–water partition coefficient (Wildman–Crippen LogP) is 3.07. The second-order valence-corrected chi connectivity index (χ2v) is 5.67. The number of ether oxygens (including phenoxy) is 4. The lowest BCUT2D eigenvalue weighted by atomic mass is 10.1. The molecule has 0 saturated carbocycles. The van der Waals surface area contributed by atoms with E-state index < -0.39 is 17.9 Å². The van der Waals surface area contributed by atoms with Gasteiger partial charge in [0.2, 0.25) is 0 Å². The van der Waals surface area contributed by atoms with Crippen LogP contribution in [0.4, 0.5) is 4.39 Å². The highest BCUT2D eigenvalue weighted by Gasteiger charge is 2.21. The van der Waals surface area contributed by atoms with Crippen LogP contribution in [0.15, 0.2) is 36.4 Å².